The Bertz CT molecular complexity index is 1310. The quantitative estimate of drug-likeness (QED) is 0.279. The van der Waals surface area contributed by atoms with E-state index in [1.54, 1.807) is 13.2 Å². The molecule has 0 spiro atoms. The standard InChI is InChI=1S/C23H17N3O6/c1-30-18-5-4-15-8-14(2-3-16(15)10-18)9-17(13-24)23(27)25-19-11-21-22(32-7-6-31-21)12-20(19)26(28)29/h2-5,8-12H,6-7H2,1H3,(H,25,27). The topological polar surface area (TPSA) is 124 Å². The van der Waals surface area contributed by atoms with Crippen molar-refractivity contribution in [3.63, 3.8) is 0 Å². The molecule has 1 heterocycles. The summed E-state index contributed by atoms with van der Waals surface area (Å²) in [6.07, 6.45) is 1.42. The third-order valence-electron chi connectivity index (χ3n) is 4.85. The van der Waals surface area contributed by atoms with Crippen molar-refractivity contribution in [2.75, 3.05) is 25.6 Å². The molecule has 1 aliphatic rings. The number of methoxy groups -OCH3 is 1. The van der Waals surface area contributed by atoms with Crippen LogP contribution < -0.4 is 19.5 Å². The van der Waals surface area contributed by atoms with Crippen LogP contribution in [0.2, 0.25) is 0 Å². The minimum Gasteiger partial charge on any atom is -0.497 e. The fourth-order valence-electron chi connectivity index (χ4n) is 3.29. The maximum atomic E-state index is 12.7. The maximum Gasteiger partial charge on any atom is 0.296 e. The monoisotopic (exact) mass is 431 g/mol. The molecule has 0 saturated heterocycles. The van der Waals surface area contributed by atoms with Crippen LogP contribution in [0, 0.1) is 21.4 Å². The van der Waals surface area contributed by atoms with E-state index in [0.717, 1.165) is 16.5 Å². The number of amides is 1. The summed E-state index contributed by atoms with van der Waals surface area (Å²) in [6, 6.07) is 15.4. The van der Waals surface area contributed by atoms with Crippen LogP contribution in [-0.4, -0.2) is 31.2 Å². The van der Waals surface area contributed by atoms with Crippen molar-refractivity contribution < 1.29 is 23.9 Å². The lowest BCUT2D eigenvalue weighted by Gasteiger charge is -2.19. The number of ether oxygens (including phenoxy) is 3. The number of carbonyl (C=O) groups is 1. The van der Waals surface area contributed by atoms with Crippen LogP contribution in [0.1, 0.15) is 5.56 Å². The highest BCUT2D eigenvalue weighted by atomic mass is 16.6. The van der Waals surface area contributed by atoms with E-state index >= 15 is 0 Å². The Morgan fingerprint density at radius 2 is 1.81 bits per heavy atom. The van der Waals surface area contributed by atoms with E-state index in [1.165, 1.54) is 18.2 Å². The van der Waals surface area contributed by atoms with Gasteiger partial charge >= 0.3 is 0 Å². The van der Waals surface area contributed by atoms with Crippen LogP contribution in [0.5, 0.6) is 17.2 Å². The number of nitro groups is 1. The molecule has 4 rings (SSSR count). The molecule has 1 aliphatic heterocycles. The van der Waals surface area contributed by atoms with Gasteiger partial charge in [0.25, 0.3) is 11.6 Å². The Morgan fingerprint density at radius 3 is 2.50 bits per heavy atom. The molecule has 0 saturated carbocycles. The van der Waals surface area contributed by atoms with Crippen LogP contribution in [0.25, 0.3) is 16.8 Å². The molecule has 0 fully saturated rings. The van der Waals surface area contributed by atoms with Crippen LogP contribution in [0.15, 0.2) is 54.1 Å². The number of rotatable bonds is 5. The van der Waals surface area contributed by atoms with Crippen molar-refractivity contribution in [3.8, 4) is 23.3 Å². The lowest BCUT2D eigenvalue weighted by atomic mass is 10.0. The Hall–Kier alpha value is -4.58. The number of nitriles is 1. The number of hydrogen-bond acceptors (Lipinski definition) is 7. The SMILES string of the molecule is COc1ccc2cc(C=C(C#N)C(=O)Nc3cc4c(cc3[N+](=O)[O-])OCCO4)ccc2c1. The first-order valence-corrected chi connectivity index (χ1v) is 9.57. The van der Waals surface area contributed by atoms with E-state index < -0.39 is 10.8 Å². The van der Waals surface area contributed by atoms with E-state index in [2.05, 4.69) is 5.32 Å². The van der Waals surface area contributed by atoms with E-state index in [4.69, 9.17) is 14.2 Å². The molecule has 160 valence electrons. The molecule has 3 aromatic carbocycles. The van der Waals surface area contributed by atoms with E-state index in [0.29, 0.717) is 5.56 Å². The van der Waals surface area contributed by atoms with Gasteiger partial charge in [-0.2, -0.15) is 5.26 Å². The van der Waals surface area contributed by atoms with Gasteiger partial charge in [0, 0.05) is 6.07 Å². The lowest BCUT2D eigenvalue weighted by Crippen LogP contribution is -2.18. The maximum absolute atomic E-state index is 12.7. The van der Waals surface area contributed by atoms with Gasteiger partial charge in [-0.1, -0.05) is 18.2 Å². The number of nitro benzene ring substituents is 1. The second-order valence-corrected chi connectivity index (χ2v) is 6.87. The van der Waals surface area contributed by atoms with Gasteiger partial charge in [-0.05, 0) is 40.6 Å². The van der Waals surface area contributed by atoms with Gasteiger partial charge in [0.05, 0.1) is 18.1 Å². The molecule has 1 N–H and O–H groups in total. The summed E-state index contributed by atoms with van der Waals surface area (Å²) in [4.78, 5) is 23.5. The Kier molecular flexibility index (Phi) is 5.59. The summed E-state index contributed by atoms with van der Waals surface area (Å²) in [5.74, 6) is 0.454. The van der Waals surface area contributed by atoms with Crippen LogP contribution in [-0.2, 0) is 4.79 Å². The van der Waals surface area contributed by atoms with Gasteiger partial charge in [0.2, 0.25) is 0 Å². The van der Waals surface area contributed by atoms with E-state index in [9.17, 15) is 20.2 Å². The van der Waals surface area contributed by atoms with Crippen LogP contribution in [0.4, 0.5) is 11.4 Å². The molecule has 1 amide bonds. The van der Waals surface area contributed by atoms with Crippen molar-refractivity contribution in [2.45, 2.75) is 0 Å². The number of nitrogens with zero attached hydrogens (tertiary/aromatic N) is 2. The molecule has 0 radical (unpaired) electrons. The zero-order chi connectivity index (χ0) is 22.7. The van der Waals surface area contributed by atoms with Crippen molar-refractivity contribution in [2.24, 2.45) is 0 Å². The molecule has 0 unspecified atom stereocenters. The largest absolute Gasteiger partial charge is 0.497 e. The van der Waals surface area contributed by atoms with Crippen molar-refractivity contribution in [3.05, 3.63) is 69.8 Å². The van der Waals surface area contributed by atoms with E-state index in [-0.39, 0.29) is 41.7 Å². The summed E-state index contributed by atoms with van der Waals surface area (Å²) in [6.45, 7) is 0.561. The van der Waals surface area contributed by atoms with Crippen LogP contribution >= 0.6 is 0 Å². The second-order valence-electron chi connectivity index (χ2n) is 6.87. The van der Waals surface area contributed by atoms with Crippen molar-refractivity contribution >= 4 is 34.1 Å². The Labute approximate surface area is 182 Å². The highest BCUT2D eigenvalue weighted by Gasteiger charge is 2.24. The predicted molar refractivity (Wildman–Crippen MR) is 117 cm³/mol. The number of anilines is 1. The lowest BCUT2D eigenvalue weighted by molar-refractivity contribution is -0.384. The average Bonchev–Trinajstić information content (AvgIpc) is 2.81. The third kappa shape index (κ3) is 4.15. The Balaban J connectivity index is 1.63. The summed E-state index contributed by atoms with van der Waals surface area (Å²) < 4.78 is 16.0. The average molecular weight is 431 g/mol. The first-order valence-electron chi connectivity index (χ1n) is 9.57. The first kappa shape index (κ1) is 20.7. The third-order valence-corrected chi connectivity index (χ3v) is 4.85. The molecule has 9 heteroatoms. The zero-order valence-electron chi connectivity index (χ0n) is 17.0. The summed E-state index contributed by atoms with van der Waals surface area (Å²) in [5.41, 5.74) is -0.0244. The smallest absolute Gasteiger partial charge is 0.296 e. The fraction of sp³-hybridized carbons (Fsp3) is 0.130. The molecule has 3 aromatic rings. The van der Waals surface area contributed by atoms with Gasteiger partial charge in [0.1, 0.15) is 36.3 Å². The number of nitrogens with one attached hydrogen (secondary N) is 1. The van der Waals surface area contributed by atoms with E-state index in [1.807, 2.05) is 36.4 Å². The van der Waals surface area contributed by atoms with Crippen molar-refractivity contribution in [1.82, 2.24) is 0 Å². The number of carbonyl (C=O) groups excluding carboxylic acids is 1. The van der Waals surface area contributed by atoms with Gasteiger partial charge in [-0.15, -0.1) is 0 Å². The van der Waals surface area contributed by atoms with Gasteiger partial charge in [-0.25, -0.2) is 0 Å². The number of hydrogen-bond donors (Lipinski definition) is 1. The predicted octanol–water partition coefficient (Wildman–Crippen LogP) is 4.07. The first-order chi connectivity index (χ1) is 15.5. The Morgan fingerprint density at radius 1 is 1.12 bits per heavy atom. The molecule has 32 heavy (non-hydrogen) atoms. The molecular weight excluding hydrogens is 414 g/mol. The second kappa shape index (κ2) is 8.65. The zero-order valence-corrected chi connectivity index (χ0v) is 17.0. The number of benzene rings is 3. The fourth-order valence-corrected chi connectivity index (χ4v) is 3.29. The molecule has 0 bridgehead atoms. The number of fused-ring (bicyclic) bond motifs is 2. The highest BCUT2D eigenvalue weighted by molar-refractivity contribution is 6.10. The summed E-state index contributed by atoms with van der Waals surface area (Å²) in [7, 11) is 1.59. The minimum atomic E-state index is -0.776. The van der Waals surface area contributed by atoms with Gasteiger partial charge < -0.3 is 19.5 Å². The van der Waals surface area contributed by atoms with Crippen molar-refractivity contribution in [1.29, 1.82) is 5.26 Å². The molecule has 9 nitrogen and oxygen atoms in total. The molecule has 0 aromatic heterocycles. The van der Waals surface area contributed by atoms with Gasteiger partial charge in [-0.3, -0.25) is 14.9 Å². The van der Waals surface area contributed by atoms with Crippen LogP contribution in [0.3, 0.4) is 0 Å². The summed E-state index contributed by atoms with van der Waals surface area (Å²) >= 11 is 0. The molecular formula is C23H17N3O6. The molecule has 0 aliphatic carbocycles. The minimum absolute atomic E-state index is 0.0870. The molecule has 0 atom stereocenters. The highest BCUT2D eigenvalue weighted by Crippen LogP contribution is 2.39. The summed E-state index contributed by atoms with van der Waals surface area (Å²) in [5, 5.41) is 25.3. The van der Waals surface area contributed by atoms with Gasteiger partial charge in [0.15, 0.2) is 11.5 Å². The normalized spacial score (nSPS) is 12.7.